The zero-order valence-electron chi connectivity index (χ0n) is 16.0. The van der Waals surface area contributed by atoms with Crippen LogP contribution >= 0.6 is 0 Å². The summed E-state index contributed by atoms with van der Waals surface area (Å²) in [6.45, 7) is 9.76. The van der Waals surface area contributed by atoms with Gasteiger partial charge in [-0.25, -0.2) is 9.59 Å². The van der Waals surface area contributed by atoms with Gasteiger partial charge in [0.15, 0.2) is 0 Å². The van der Waals surface area contributed by atoms with E-state index in [2.05, 4.69) is 13.2 Å². The first-order valence-corrected chi connectivity index (χ1v) is 9.45. The van der Waals surface area contributed by atoms with Gasteiger partial charge in [0.05, 0.1) is 18.1 Å². The number of amides is 2. The number of likely N-dealkylation sites (tertiary alicyclic amines) is 1. The van der Waals surface area contributed by atoms with E-state index in [0.29, 0.717) is 25.9 Å². The first kappa shape index (κ1) is 20.1. The molecule has 0 bridgehead atoms. The lowest BCUT2D eigenvalue weighted by atomic mass is 9.82. The Hall–Kier alpha value is -2.61. The number of hydrogen-bond acceptors (Lipinski definition) is 6. The van der Waals surface area contributed by atoms with Crippen LogP contribution in [0.25, 0.3) is 0 Å². The lowest BCUT2D eigenvalue weighted by molar-refractivity contribution is -0.162. The van der Waals surface area contributed by atoms with Gasteiger partial charge in [0.1, 0.15) is 18.9 Å². The predicted molar refractivity (Wildman–Crippen MR) is 99.8 cm³/mol. The second kappa shape index (κ2) is 8.18. The van der Waals surface area contributed by atoms with E-state index in [-0.39, 0.29) is 36.8 Å². The minimum absolute atomic E-state index is 0.0484. The van der Waals surface area contributed by atoms with Crippen LogP contribution in [-0.2, 0) is 19.1 Å². The number of aliphatic hydroxyl groups excluding tert-OH is 1. The van der Waals surface area contributed by atoms with Crippen molar-refractivity contribution in [3.8, 4) is 0 Å². The number of carbonyl (C=O) groups is 3. The second-order valence-electron chi connectivity index (χ2n) is 7.30. The number of aliphatic hydroxyl groups is 1. The number of fused-ring (bicyclic) bond motifs is 1. The first-order valence-electron chi connectivity index (χ1n) is 9.45. The minimum atomic E-state index is -0.785. The molecule has 2 amide bonds. The Balaban J connectivity index is 1.80. The molecule has 0 spiro atoms. The van der Waals surface area contributed by atoms with E-state index in [1.165, 1.54) is 17.1 Å². The molecule has 3 heterocycles. The molecule has 1 N–H and O–H groups in total. The highest BCUT2D eigenvalue weighted by molar-refractivity contribution is 6.00. The van der Waals surface area contributed by atoms with Crippen LogP contribution in [-0.4, -0.2) is 71.3 Å². The van der Waals surface area contributed by atoms with Crippen molar-refractivity contribution >= 4 is 18.0 Å². The highest BCUT2D eigenvalue weighted by Crippen LogP contribution is 2.47. The average Bonchev–Trinajstić information content (AvgIpc) is 3.26. The molecule has 2 saturated heterocycles. The molecule has 3 rings (SSSR count). The highest BCUT2D eigenvalue weighted by atomic mass is 16.6. The number of ether oxygens (including phenoxy) is 2. The Morgan fingerprint density at radius 3 is 2.61 bits per heavy atom. The lowest BCUT2D eigenvalue weighted by Gasteiger charge is -2.44. The third-order valence-corrected chi connectivity index (χ3v) is 5.55. The quantitative estimate of drug-likeness (QED) is 0.399. The molecule has 0 aromatic rings. The van der Waals surface area contributed by atoms with Gasteiger partial charge in [0.2, 0.25) is 5.91 Å². The van der Waals surface area contributed by atoms with Gasteiger partial charge in [-0.3, -0.25) is 4.79 Å². The second-order valence-corrected chi connectivity index (χ2v) is 7.30. The third-order valence-electron chi connectivity index (χ3n) is 5.55. The molecule has 3 aliphatic rings. The van der Waals surface area contributed by atoms with Crippen molar-refractivity contribution in [3.63, 3.8) is 0 Å². The van der Waals surface area contributed by atoms with Crippen molar-refractivity contribution < 1.29 is 29.0 Å². The SMILES string of the molecule is C=CCOC(=O)C1=C(C2CCN(C(=O)OCC=C)C2)C[C@@H]2[C@@H]([C@@H](C)O)C(=O)N12. The van der Waals surface area contributed by atoms with E-state index < -0.39 is 24.1 Å². The van der Waals surface area contributed by atoms with Gasteiger partial charge in [0.25, 0.3) is 0 Å². The normalized spacial score (nSPS) is 27.2. The Labute approximate surface area is 164 Å². The molecule has 152 valence electrons. The molecule has 0 aliphatic carbocycles. The van der Waals surface area contributed by atoms with Crippen molar-refractivity contribution in [1.29, 1.82) is 0 Å². The van der Waals surface area contributed by atoms with Gasteiger partial charge in [-0.15, -0.1) is 0 Å². The summed E-state index contributed by atoms with van der Waals surface area (Å²) in [5.74, 6) is -1.41. The molecular weight excluding hydrogens is 364 g/mol. The van der Waals surface area contributed by atoms with Crippen molar-refractivity contribution in [2.24, 2.45) is 11.8 Å². The molecule has 8 nitrogen and oxygen atoms in total. The van der Waals surface area contributed by atoms with Crippen LogP contribution in [0.3, 0.4) is 0 Å². The smallest absolute Gasteiger partial charge is 0.410 e. The van der Waals surface area contributed by atoms with E-state index in [4.69, 9.17) is 9.47 Å². The Morgan fingerprint density at radius 1 is 1.29 bits per heavy atom. The number of hydrogen-bond donors (Lipinski definition) is 1. The fraction of sp³-hybridized carbons (Fsp3) is 0.550. The summed E-state index contributed by atoms with van der Waals surface area (Å²) < 4.78 is 10.3. The molecule has 3 aliphatic heterocycles. The van der Waals surface area contributed by atoms with Crippen LogP contribution < -0.4 is 0 Å². The maximum absolute atomic E-state index is 12.6. The molecule has 0 saturated carbocycles. The summed E-state index contributed by atoms with van der Waals surface area (Å²) in [7, 11) is 0. The van der Waals surface area contributed by atoms with Gasteiger partial charge in [-0.2, -0.15) is 0 Å². The van der Waals surface area contributed by atoms with E-state index >= 15 is 0 Å². The van der Waals surface area contributed by atoms with Gasteiger partial charge < -0.3 is 24.4 Å². The van der Waals surface area contributed by atoms with Crippen LogP contribution in [0.15, 0.2) is 36.6 Å². The zero-order valence-corrected chi connectivity index (χ0v) is 16.0. The molecule has 8 heteroatoms. The summed E-state index contributed by atoms with van der Waals surface area (Å²) in [4.78, 5) is 40.3. The van der Waals surface area contributed by atoms with Crippen molar-refractivity contribution in [2.75, 3.05) is 26.3 Å². The number of β-lactam (4-membered cyclic amide) rings is 1. The molecule has 4 atom stereocenters. The van der Waals surface area contributed by atoms with Gasteiger partial charge in [-0.1, -0.05) is 25.3 Å². The fourth-order valence-electron chi connectivity index (χ4n) is 4.29. The van der Waals surface area contributed by atoms with E-state index in [9.17, 15) is 19.5 Å². The molecule has 0 radical (unpaired) electrons. The van der Waals surface area contributed by atoms with E-state index in [1.54, 1.807) is 11.8 Å². The minimum Gasteiger partial charge on any atom is -0.457 e. The van der Waals surface area contributed by atoms with Gasteiger partial charge in [0, 0.05) is 19.0 Å². The lowest BCUT2D eigenvalue weighted by Crippen LogP contribution is -2.61. The molecule has 0 aromatic carbocycles. The maximum atomic E-state index is 12.6. The summed E-state index contributed by atoms with van der Waals surface area (Å²) in [5.41, 5.74) is 1.08. The summed E-state index contributed by atoms with van der Waals surface area (Å²) >= 11 is 0. The standard InChI is InChI=1S/C20H26N2O6/c1-4-8-27-19(25)17-14(10-15-16(12(3)23)18(24)22(15)17)13-6-7-21(11-13)20(26)28-9-5-2/h4-5,12-13,15-16,23H,1-2,6-11H2,3H3/t12-,13?,15-,16-/m1/s1. The Kier molecular flexibility index (Phi) is 5.88. The van der Waals surface area contributed by atoms with E-state index in [0.717, 1.165) is 5.57 Å². The third kappa shape index (κ3) is 3.44. The number of carbonyl (C=O) groups excluding carboxylic acids is 3. The van der Waals surface area contributed by atoms with Crippen LogP contribution in [0.1, 0.15) is 19.8 Å². The first-order chi connectivity index (χ1) is 13.4. The maximum Gasteiger partial charge on any atom is 0.410 e. The van der Waals surface area contributed by atoms with Crippen LogP contribution in [0.5, 0.6) is 0 Å². The summed E-state index contributed by atoms with van der Waals surface area (Å²) in [6.07, 6.45) is 2.94. The average molecular weight is 390 g/mol. The Bertz CT molecular complexity index is 728. The van der Waals surface area contributed by atoms with Gasteiger partial charge in [-0.05, 0) is 25.3 Å². The van der Waals surface area contributed by atoms with Crippen molar-refractivity contribution in [1.82, 2.24) is 9.80 Å². The number of esters is 1. The highest BCUT2D eigenvalue weighted by Gasteiger charge is 2.57. The summed E-state index contributed by atoms with van der Waals surface area (Å²) in [5, 5.41) is 9.93. The topological polar surface area (TPSA) is 96.4 Å². The van der Waals surface area contributed by atoms with Crippen molar-refractivity contribution in [3.05, 3.63) is 36.6 Å². The van der Waals surface area contributed by atoms with Crippen LogP contribution in [0.4, 0.5) is 4.79 Å². The molecule has 1 unspecified atom stereocenters. The zero-order chi connectivity index (χ0) is 20.4. The number of nitrogens with zero attached hydrogens (tertiary/aromatic N) is 2. The van der Waals surface area contributed by atoms with Gasteiger partial charge >= 0.3 is 12.1 Å². The molecular formula is C20H26N2O6. The summed E-state index contributed by atoms with van der Waals surface area (Å²) in [6, 6.07) is -0.240. The Morgan fingerprint density at radius 2 is 1.96 bits per heavy atom. The molecule has 0 aromatic heterocycles. The molecule has 28 heavy (non-hydrogen) atoms. The molecule has 2 fully saturated rings. The fourth-order valence-corrected chi connectivity index (χ4v) is 4.29. The van der Waals surface area contributed by atoms with Crippen molar-refractivity contribution in [2.45, 2.75) is 31.9 Å². The number of rotatable bonds is 7. The van der Waals surface area contributed by atoms with Crippen LogP contribution in [0, 0.1) is 11.8 Å². The van der Waals surface area contributed by atoms with Crippen LogP contribution in [0.2, 0.25) is 0 Å². The largest absolute Gasteiger partial charge is 0.457 e. The van der Waals surface area contributed by atoms with E-state index in [1.807, 2.05) is 0 Å². The predicted octanol–water partition coefficient (Wildman–Crippen LogP) is 1.23. The monoisotopic (exact) mass is 390 g/mol.